The summed E-state index contributed by atoms with van der Waals surface area (Å²) in [5, 5.41) is 0. The first-order valence-corrected chi connectivity index (χ1v) is 2.35. The molecular weight excluding hydrogens is 157 g/mol. The van der Waals surface area contributed by atoms with E-state index in [1.54, 1.807) is 0 Å². The Morgan fingerprint density at radius 3 is 1.14 bits per heavy atom. The monoisotopic (exact) mass is 161 g/mol. The normalized spacial score (nSPS) is 8.43. The molecule has 7 heavy (non-hydrogen) atoms. The minimum absolute atomic E-state index is 0. The van der Waals surface area contributed by atoms with Crippen molar-refractivity contribution in [1.29, 1.82) is 0 Å². The summed E-state index contributed by atoms with van der Waals surface area (Å²) in [5.41, 5.74) is 0. The summed E-state index contributed by atoms with van der Waals surface area (Å²) in [6.45, 7) is 0. The molecule has 3 N–H and O–H groups in total. The van der Waals surface area contributed by atoms with E-state index in [1.165, 1.54) is 0 Å². The van der Waals surface area contributed by atoms with E-state index in [0.717, 1.165) is 0 Å². The van der Waals surface area contributed by atoms with Crippen molar-refractivity contribution in [2.45, 2.75) is 0 Å². The van der Waals surface area contributed by atoms with Gasteiger partial charge in [-0.3, -0.25) is 0 Å². The Balaban J connectivity index is -0.0000000800. The fourth-order valence-electron chi connectivity index (χ4n) is 0. The van der Waals surface area contributed by atoms with Gasteiger partial charge >= 0.3 is 26.7 Å². The number of hydrogen-bond acceptors (Lipinski definition) is 1. The molecule has 0 fully saturated rings. The van der Waals surface area contributed by atoms with Crippen molar-refractivity contribution >= 4 is 26.7 Å². The van der Waals surface area contributed by atoms with E-state index in [2.05, 4.69) is 0 Å². The van der Waals surface area contributed by atoms with Crippen LogP contribution in [0.5, 0.6) is 0 Å². The third-order valence-corrected chi connectivity index (χ3v) is 0. The molecule has 0 rings (SSSR count). The van der Waals surface area contributed by atoms with Crippen molar-refractivity contribution in [3.63, 3.8) is 0 Å². The van der Waals surface area contributed by atoms with Crippen LogP contribution in [0.3, 0.4) is 0 Å². The van der Waals surface area contributed by atoms with Gasteiger partial charge < -0.3 is 14.7 Å². The Labute approximate surface area is 63.2 Å². The molecule has 0 unspecified atom stereocenters. The molecule has 0 spiro atoms. The third-order valence-electron chi connectivity index (χ3n) is 0. The largest absolute Gasteiger partial charge is 0 e. The van der Waals surface area contributed by atoms with E-state index >= 15 is 0 Å². The van der Waals surface area contributed by atoms with Crippen LogP contribution in [0.15, 0.2) is 0 Å². The molecular formula is H4LiMnO4P. The van der Waals surface area contributed by atoms with E-state index in [1.807, 2.05) is 0 Å². The van der Waals surface area contributed by atoms with Crippen LogP contribution in [0.4, 0.5) is 0 Å². The third kappa shape index (κ3) is 131. The van der Waals surface area contributed by atoms with Gasteiger partial charge in [0.2, 0.25) is 0 Å². The van der Waals surface area contributed by atoms with Crippen molar-refractivity contribution in [2.24, 2.45) is 0 Å². The second-order valence-electron chi connectivity index (χ2n) is 0.513. The first-order valence-electron chi connectivity index (χ1n) is 0.783. The second kappa shape index (κ2) is 5.37. The molecule has 0 amide bonds. The smallest absolute Gasteiger partial charge is 0 e. The molecule has 0 aliphatic rings. The van der Waals surface area contributed by atoms with Crippen LogP contribution in [0.25, 0.3) is 0 Å². The molecule has 0 saturated carbocycles. The number of hydrogen-bond donors (Lipinski definition) is 3. The molecule has 7 heteroatoms. The first-order chi connectivity index (χ1) is 2.00. The van der Waals surface area contributed by atoms with Gasteiger partial charge in [0, 0.05) is 17.1 Å². The van der Waals surface area contributed by atoms with Gasteiger partial charge in [0.25, 0.3) is 0 Å². The molecule has 4 nitrogen and oxygen atoms in total. The molecule has 0 aromatic carbocycles. The zero-order valence-electron chi connectivity index (χ0n) is 2.58. The fourth-order valence-corrected chi connectivity index (χ4v) is 0. The van der Waals surface area contributed by atoms with Crippen LogP contribution in [0.1, 0.15) is 0 Å². The van der Waals surface area contributed by atoms with Gasteiger partial charge in [-0.15, -0.1) is 0 Å². The van der Waals surface area contributed by atoms with Crippen LogP contribution in [-0.2, 0) is 21.6 Å². The Bertz CT molecular complexity index is 57.8. The van der Waals surface area contributed by atoms with Crippen molar-refractivity contribution in [2.75, 3.05) is 0 Å². The van der Waals surface area contributed by atoms with Gasteiger partial charge in [0.15, 0.2) is 0 Å². The summed E-state index contributed by atoms with van der Waals surface area (Å²) in [4.78, 5) is 21.6. The predicted octanol–water partition coefficient (Wildman–Crippen LogP) is -1.58. The van der Waals surface area contributed by atoms with Crippen LogP contribution < -0.4 is 0 Å². The molecule has 1 radical (unpaired) electrons. The molecule has 0 bridgehead atoms. The molecule has 0 atom stereocenters. The maximum Gasteiger partial charge on any atom is 0 e. The molecule has 0 heterocycles. The maximum absolute atomic E-state index is 8.88. The van der Waals surface area contributed by atoms with E-state index in [4.69, 9.17) is 19.2 Å². The van der Waals surface area contributed by atoms with Gasteiger partial charge in [-0.05, 0) is 0 Å². The molecule has 0 saturated heterocycles. The van der Waals surface area contributed by atoms with E-state index in [9.17, 15) is 0 Å². The summed E-state index contributed by atoms with van der Waals surface area (Å²) in [6.07, 6.45) is 0. The second-order valence-corrected chi connectivity index (χ2v) is 1.54. The van der Waals surface area contributed by atoms with Gasteiger partial charge in [0.05, 0.1) is 0 Å². The van der Waals surface area contributed by atoms with Gasteiger partial charge in [-0.2, -0.15) is 0 Å². The van der Waals surface area contributed by atoms with Crippen molar-refractivity contribution < 1.29 is 36.3 Å². The zero-order valence-corrected chi connectivity index (χ0v) is 4.65. The quantitative estimate of drug-likeness (QED) is 0.296. The van der Waals surface area contributed by atoms with E-state index in [0.29, 0.717) is 0 Å². The van der Waals surface area contributed by atoms with Crippen molar-refractivity contribution in [1.82, 2.24) is 0 Å². The van der Waals surface area contributed by atoms with Crippen LogP contribution in [0.2, 0.25) is 0 Å². The molecule has 0 aromatic heterocycles. The summed E-state index contributed by atoms with van der Waals surface area (Å²) >= 11 is 0. The number of rotatable bonds is 0. The van der Waals surface area contributed by atoms with E-state index in [-0.39, 0.29) is 35.9 Å². The Kier molecular flexibility index (Phi) is 12.1. The average molecular weight is 161 g/mol. The molecule has 0 aliphatic heterocycles. The Morgan fingerprint density at radius 1 is 1.14 bits per heavy atom. The van der Waals surface area contributed by atoms with E-state index < -0.39 is 7.82 Å². The summed E-state index contributed by atoms with van der Waals surface area (Å²) in [6, 6.07) is 0. The van der Waals surface area contributed by atoms with Gasteiger partial charge in [0.1, 0.15) is 0 Å². The molecule has 0 aliphatic carbocycles. The SMILES string of the molecule is O=P(O)(O)O.[LiH].[Mn]. The predicted molar refractivity (Wildman–Crippen MR) is 21.4 cm³/mol. The Morgan fingerprint density at radius 2 is 1.14 bits per heavy atom. The van der Waals surface area contributed by atoms with Crippen LogP contribution in [0, 0.1) is 0 Å². The fraction of sp³-hybridized carbons (Fsp3) is 0. The summed E-state index contributed by atoms with van der Waals surface area (Å²) < 4.78 is 8.88. The Hall–Kier alpha value is 1.23. The first kappa shape index (κ1) is 15.7. The molecule has 41 valence electrons. The summed E-state index contributed by atoms with van der Waals surface area (Å²) in [7, 11) is -4.64. The van der Waals surface area contributed by atoms with Crippen molar-refractivity contribution in [3.05, 3.63) is 0 Å². The summed E-state index contributed by atoms with van der Waals surface area (Å²) in [5.74, 6) is 0. The topological polar surface area (TPSA) is 77.8 Å². The maximum atomic E-state index is 8.88. The standard InChI is InChI=1S/Li.Mn.H3O4P.H/c;;1-5(2,3)4;/h;;(H3,1,2,3,4);. The minimum atomic E-state index is -4.64. The zero-order chi connectivity index (χ0) is 4.50. The molecule has 0 aromatic rings. The van der Waals surface area contributed by atoms with Crippen molar-refractivity contribution in [3.8, 4) is 0 Å². The average Bonchev–Trinajstić information content (AvgIpc) is 0.722. The van der Waals surface area contributed by atoms with Gasteiger partial charge in [-0.1, -0.05) is 0 Å². The van der Waals surface area contributed by atoms with Crippen LogP contribution in [-0.4, -0.2) is 33.5 Å². The number of phosphoric acid groups is 1. The van der Waals surface area contributed by atoms with Crippen LogP contribution >= 0.6 is 7.82 Å². The van der Waals surface area contributed by atoms with Gasteiger partial charge in [-0.25, -0.2) is 4.57 Å². The minimum Gasteiger partial charge on any atom is 0 e.